The molecular formula is C29H26ClN7O. The molecule has 3 aliphatic rings. The summed E-state index contributed by atoms with van der Waals surface area (Å²) in [6.07, 6.45) is 11.7. The number of hydrogen-bond acceptors (Lipinski definition) is 7. The molecule has 0 bridgehead atoms. The molecule has 0 atom stereocenters. The van der Waals surface area contributed by atoms with Gasteiger partial charge in [-0.3, -0.25) is 9.78 Å². The molecule has 4 heterocycles. The van der Waals surface area contributed by atoms with Gasteiger partial charge in [0.1, 0.15) is 5.17 Å². The van der Waals surface area contributed by atoms with Crippen LogP contribution in [0, 0.1) is 0 Å². The van der Waals surface area contributed by atoms with E-state index in [1.807, 2.05) is 59.6 Å². The Labute approximate surface area is 225 Å². The summed E-state index contributed by atoms with van der Waals surface area (Å²) in [5, 5.41) is 3.65. The maximum absolute atomic E-state index is 12.9. The van der Waals surface area contributed by atoms with Gasteiger partial charge < -0.3 is 16.0 Å². The van der Waals surface area contributed by atoms with Gasteiger partial charge in [-0.1, -0.05) is 23.7 Å². The molecule has 0 saturated carbocycles. The molecule has 8 nitrogen and oxygen atoms in total. The van der Waals surface area contributed by atoms with Crippen LogP contribution in [0.4, 0.5) is 11.6 Å². The molecule has 2 aromatic heterocycles. The molecule has 190 valence electrons. The van der Waals surface area contributed by atoms with Crippen LogP contribution in [-0.4, -0.2) is 50.1 Å². The monoisotopic (exact) mass is 523 g/mol. The van der Waals surface area contributed by atoms with E-state index in [1.165, 1.54) is 0 Å². The van der Waals surface area contributed by atoms with Crippen LogP contribution in [0.2, 0.25) is 0 Å². The Morgan fingerprint density at radius 3 is 2.61 bits per heavy atom. The Kier molecular flexibility index (Phi) is 6.57. The molecule has 3 aromatic rings. The molecule has 1 aromatic carbocycles. The number of pyridine rings is 1. The van der Waals surface area contributed by atoms with Crippen molar-refractivity contribution in [1.82, 2.24) is 19.9 Å². The minimum absolute atomic E-state index is 0.0316. The van der Waals surface area contributed by atoms with E-state index < -0.39 is 0 Å². The standard InChI is InChI=1S/C29H26ClN7O/c30-26-15-23(25-3-1-2-12-32-25)22-9-6-19-16-34-29(36-27(19)24(22)17-33-26)35-21-7-4-18(5-8-21)28(38)37-13-10-20(31)11-14-37/h1-5,7-9,12,15-17,20H,6,10-11,13-14,31H2,(H,34,35,36). The van der Waals surface area contributed by atoms with Crippen molar-refractivity contribution in [2.24, 2.45) is 10.7 Å². The first-order valence-corrected chi connectivity index (χ1v) is 13.0. The fourth-order valence-corrected chi connectivity index (χ4v) is 5.05. The van der Waals surface area contributed by atoms with Gasteiger partial charge in [0, 0.05) is 65.7 Å². The number of fused-ring (bicyclic) bond motifs is 3. The summed E-state index contributed by atoms with van der Waals surface area (Å²) in [5.41, 5.74) is 12.8. The number of amides is 1. The van der Waals surface area contributed by atoms with Gasteiger partial charge in [-0.2, -0.15) is 0 Å². The Bertz CT molecular complexity index is 1500. The van der Waals surface area contributed by atoms with E-state index in [2.05, 4.69) is 26.4 Å². The first-order chi connectivity index (χ1) is 18.5. The lowest BCUT2D eigenvalue weighted by Gasteiger charge is -2.30. The number of piperidine rings is 1. The number of benzene rings is 1. The van der Waals surface area contributed by atoms with Crippen LogP contribution in [0.5, 0.6) is 0 Å². The first-order valence-electron chi connectivity index (χ1n) is 12.6. The fraction of sp³-hybridized carbons (Fsp3) is 0.207. The zero-order valence-corrected chi connectivity index (χ0v) is 21.4. The van der Waals surface area contributed by atoms with Crippen LogP contribution in [0.1, 0.15) is 40.2 Å². The van der Waals surface area contributed by atoms with E-state index in [9.17, 15) is 4.79 Å². The fourth-order valence-electron chi connectivity index (χ4n) is 4.89. The lowest BCUT2D eigenvalue weighted by Crippen LogP contribution is -2.42. The Morgan fingerprint density at radius 1 is 1.03 bits per heavy atom. The van der Waals surface area contributed by atoms with Gasteiger partial charge in [-0.05, 0) is 67.3 Å². The van der Waals surface area contributed by atoms with Crippen LogP contribution in [0.25, 0.3) is 11.1 Å². The minimum atomic E-state index is 0.0316. The number of allylic oxidation sites excluding steroid dienone is 5. The first kappa shape index (κ1) is 24.2. The highest BCUT2D eigenvalue weighted by molar-refractivity contribution is 6.69. The van der Waals surface area contributed by atoms with Crippen LogP contribution >= 0.6 is 11.6 Å². The average Bonchev–Trinajstić information content (AvgIpc) is 3.13. The number of likely N-dealkylation sites (tertiary alicyclic amines) is 1. The Morgan fingerprint density at radius 2 is 1.84 bits per heavy atom. The van der Waals surface area contributed by atoms with Gasteiger partial charge in [-0.25, -0.2) is 15.0 Å². The van der Waals surface area contributed by atoms with Crippen LogP contribution in [-0.2, 0) is 6.42 Å². The predicted octanol–water partition coefficient (Wildman–Crippen LogP) is 4.74. The zero-order chi connectivity index (χ0) is 26.1. The number of nitrogens with zero attached hydrogens (tertiary/aromatic N) is 5. The second kappa shape index (κ2) is 10.3. The molecule has 1 amide bonds. The smallest absolute Gasteiger partial charge is 0.253 e. The van der Waals surface area contributed by atoms with Crippen molar-refractivity contribution in [2.75, 3.05) is 18.4 Å². The summed E-state index contributed by atoms with van der Waals surface area (Å²) in [7, 11) is 0. The second-order valence-corrected chi connectivity index (χ2v) is 9.88. The lowest BCUT2D eigenvalue weighted by molar-refractivity contribution is 0.0715. The summed E-state index contributed by atoms with van der Waals surface area (Å²) in [5.74, 6) is 0.488. The summed E-state index contributed by atoms with van der Waals surface area (Å²) >= 11 is 6.38. The number of aliphatic imine (C=N–C) groups is 1. The molecule has 1 aliphatic carbocycles. The van der Waals surface area contributed by atoms with E-state index in [0.29, 0.717) is 36.2 Å². The van der Waals surface area contributed by atoms with Crippen molar-refractivity contribution < 1.29 is 4.79 Å². The third-order valence-electron chi connectivity index (χ3n) is 6.96. The normalized spacial score (nSPS) is 17.3. The second-order valence-electron chi connectivity index (χ2n) is 9.49. The molecule has 2 aliphatic heterocycles. The molecule has 0 unspecified atom stereocenters. The Balaban J connectivity index is 1.23. The maximum atomic E-state index is 12.9. The van der Waals surface area contributed by atoms with E-state index in [1.54, 1.807) is 12.4 Å². The highest BCUT2D eigenvalue weighted by atomic mass is 35.5. The van der Waals surface area contributed by atoms with Gasteiger partial charge in [0.05, 0.1) is 11.4 Å². The topological polar surface area (TPSA) is 109 Å². The highest BCUT2D eigenvalue weighted by Gasteiger charge is 2.25. The van der Waals surface area contributed by atoms with E-state index in [0.717, 1.165) is 52.2 Å². The molecule has 9 heteroatoms. The lowest BCUT2D eigenvalue weighted by atomic mass is 9.86. The van der Waals surface area contributed by atoms with E-state index in [4.69, 9.17) is 22.3 Å². The van der Waals surface area contributed by atoms with Crippen molar-refractivity contribution in [1.29, 1.82) is 0 Å². The minimum Gasteiger partial charge on any atom is -0.339 e. The summed E-state index contributed by atoms with van der Waals surface area (Å²) in [6.45, 7) is 1.39. The van der Waals surface area contributed by atoms with Crippen molar-refractivity contribution in [3.8, 4) is 0 Å². The number of halogens is 1. The summed E-state index contributed by atoms with van der Waals surface area (Å²) < 4.78 is 0. The third-order valence-corrected chi connectivity index (χ3v) is 7.17. The number of aromatic nitrogens is 3. The van der Waals surface area contributed by atoms with Gasteiger partial charge >= 0.3 is 0 Å². The van der Waals surface area contributed by atoms with Gasteiger partial charge in [0.2, 0.25) is 5.95 Å². The molecule has 1 saturated heterocycles. The van der Waals surface area contributed by atoms with Crippen molar-refractivity contribution in [2.45, 2.75) is 25.3 Å². The van der Waals surface area contributed by atoms with Crippen molar-refractivity contribution >= 4 is 45.5 Å². The van der Waals surface area contributed by atoms with E-state index >= 15 is 0 Å². The quantitative estimate of drug-likeness (QED) is 0.511. The maximum Gasteiger partial charge on any atom is 0.253 e. The molecule has 0 radical (unpaired) electrons. The average molecular weight is 524 g/mol. The van der Waals surface area contributed by atoms with E-state index in [-0.39, 0.29) is 11.9 Å². The molecule has 38 heavy (non-hydrogen) atoms. The summed E-state index contributed by atoms with van der Waals surface area (Å²) in [6, 6.07) is 13.4. The van der Waals surface area contributed by atoms with Crippen LogP contribution < -0.4 is 11.1 Å². The number of nitrogens with two attached hydrogens (primary N) is 1. The van der Waals surface area contributed by atoms with Gasteiger partial charge in [0.25, 0.3) is 5.91 Å². The third kappa shape index (κ3) is 4.88. The molecular weight excluding hydrogens is 498 g/mol. The highest BCUT2D eigenvalue weighted by Crippen LogP contribution is 2.39. The number of carbonyl (C=O) groups is 1. The van der Waals surface area contributed by atoms with Crippen molar-refractivity contribution in [3.05, 3.63) is 101 Å². The summed E-state index contributed by atoms with van der Waals surface area (Å²) in [4.78, 5) is 33.0. The number of anilines is 2. The number of nitrogens with one attached hydrogen (secondary N) is 1. The van der Waals surface area contributed by atoms with Gasteiger partial charge in [0.15, 0.2) is 0 Å². The number of rotatable bonds is 4. The SMILES string of the molecule is NC1CCN(C(=O)c2ccc(Nc3ncc4c(n3)C3=CN=C(Cl)C=C(c5ccccn5)C3=CC4)cc2)CC1. The predicted molar refractivity (Wildman–Crippen MR) is 150 cm³/mol. The van der Waals surface area contributed by atoms with Crippen LogP contribution in [0.3, 0.4) is 0 Å². The molecule has 1 fully saturated rings. The number of carbonyl (C=O) groups excluding carboxylic acids is 1. The number of hydrogen-bond donors (Lipinski definition) is 2. The van der Waals surface area contributed by atoms with Crippen molar-refractivity contribution in [3.63, 3.8) is 0 Å². The largest absolute Gasteiger partial charge is 0.339 e. The molecule has 6 rings (SSSR count). The van der Waals surface area contributed by atoms with Crippen LogP contribution in [0.15, 0.2) is 83.8 Å². The molecule has 3 N–H and O–H groups in total. The zero-order valence-electron chi connectivity index (χ0n) is 20.6. The van der Waals surface area contributed by atoms with Gasteiger partial charge in [-0.15, -0.1) is 0 Å². The Hall–Kier alpha value is -4.14. The molecule has 0 spiro atoms.